The van der Waals surface area contributed by atoms with Crippen LogP contribution in [0.15, 0.2) is 0 Å². The van der Waals surface area contributed by atoms with Crippen molar-refractivity contribution in [3.63, 3.8) is 0 Å². The molecule has 1 aliphatic rings. The summed E-state index contributed by atoms with van der Waals surface area (Å²) in [6, 6.07) is 0. The van der Waals surface area contributed by atoms with Crippen LogP contribution < -0.4 is 0 Å². The van der Waals surface area contributed by atoms with E-state index in [1.54, 1.807) is 0 Å². The van der Waals surface area contributed by atoms with Crippen molar-refractivity contribution in [3.05, 3.63) is 0 Å². The van der Waals surface area contributed by atoms with Gasteiger partial charge in [0.15, 0.2) is 0 Å². The molecular weight excluding hydrogens is 222 g/mol. The van der Waals surface area contributed by atoms with Crippen LogP contribution in [0.4, 0.5) is 8.78 Å². The Kier molecular flexibility index (Phi) is 5.84. The zero-order valence-electron chi connectivity index (χ0n) is 11.5. The number of rotatable bonds is 4. The molecule has 3 atom stereocenters. The van der Waals surface area contributed by atoms with Gasteiger partial charge in [0, 0.05) is 0 Å². The Morgan fingerprint density at radius 2 is 1.53 bits per heavy atom. The van der Waals surface area contributed by atoms with Gasteiger partial charge in [-0.15, -0.1) is 0 Å². The number of halogens is 2. The highest BCUT2D eigenvalue weighted by atomic mass is 19.3. The van der Waals surface area contributed by atoms with E-state index in [1.165, 1.54) is 0 Å². The Balaban J connectivity index is 2.68. The monoisotopic (exact) mass is 248 g/mol. The third-order valence-electron chi connectivity index (χ3n) is 4.16. The molecule has 1 aliphatic carbocycles. The lowest BCUT2D eigenvalue weighted by atomic mass is 9.74. The van der Waals surface area contributed by atoms with Crippen molar-refractivity contribution in [1.82, 2.24) is 0 Å². The fourth-order valence-corrected chi connectivity index (χ4v) is 3.25. The maximum atomic E-state index is 12.3. The van der Waals surface area contributed by atoms with Crippen LogP contribution in [-0.4, -0.2) is 12.7 Å². The van der Waals surface area contributed by atoms with E-state index in [-0.39, 0.29) is 6.10 Å². The first-order chi connectivity index (χ1) is 7.91. The number of alkyl halides is 2. The molecule has 0 aliphatic heterocycles. The van der Waals surface area contributed by atoms with Crippen molar-refractivity contribution < 1.29 is 13.5 Å². The van der Waals surface area contributed by atoms with Crippen molar-refractivity contribution >= 4 is 0 Å². The Bertz CT molecular complexity index is 216. The number of hydrogen-bond acceptors (Lipinski definition) is 1. The summed E-state index contributed by atoms with van der Waals surface area (Å²) >= 11 is 0. The van der Waals surface area contributed by atoms with Gasteiger partial charge in [-0.3, -0.25) is 0 Å². The van der Waals surface area contributed by atoms with Gasteiger partial charge >= 0.3 is 6.61 Å². The molecule has 0 saturated heterocycles. The van der Waals surface area contributed by atoms with Gasteiger partial charge in [-0.1, -0.05) is 34.1 Å². The van der Waals surface area contributed by atoms with Crippen LogP contribution in [0.1, 0.15) is 53.4 Å². The summed E-state index contributed by atoms with van der Waals surface area (Å²) in [6.07, 6.45) is 3.51. The zero-order valence-corrected chi connectivity index (χ0v) is 11.5. The topological polar surface area (TPSA) is 9.23 Å². The van der Waals surface area contributed by atoms with E-state index < -0.39 is 6.61 Å². The summed E-state index contributed by atoms with van der Waals surface area (Å²) < 4.78 is 29.4. The van der Waals surface area contributed by atoms with Gasteiger partial charge < -0.3 is 4.74 Å². The molecule has 1 rings (SSSR count). The van der Waals surface area contributed by atoms with Crippen molar-refractivity contribution in [2.75, 3.05) is 0 Å². The normalized spacial score (nSPS) is 31.2. The fraction of sp³-hybridized carbons (Fsp3) is 1.00. The summed E-state index contributed by atoms with van der Waals surface area (Å²) in [4.78, 5) is 0. The third kappa shape index (κ3) is 4.53. The summed E-state index contributed by atoms with van der Waals surface area (Å²) in [5.41, 5.74) is 0. The van der Waals surface area contributed by atoms with Gasteiger partial charge in [-0.25, -0.2) is 0 Å². The molecule has 1 fully saturated rings. The summed E-state index contributed by atoms with van der Waals surface area (Å²) in [5, 5.41) is 0. The highest BCUT2D eigenvalue weighted by Crippen LogP contribution is 2.39. The van der Waals surface area contributed by atoms with E-state index in [9.17, 15) is 8.78 Å². The van der Waals surface area contributed by atoms with Crippen LogP contribution >= 0.6 is 0 Å². The first-order valence-corrected chi connectivity index (χ1v) is 6.85. The first kappa shape index (κ1) is 14.9. The SMILES string of the molecule is CC(C)C1CCCC(OC(F)F)CC1C(C)C. The molecule has 102 valence electrons. The van der Waals surface area contributed by atoms with Crippen LogP contribution in [0.2, 0.25) is 0 Å². The summed E-state index contributed by atoms with van der Waals surface area (Å²) in [6.45, 7) is 6.27. The minimum Gasteiger partial charge on any atom is -0.320 e. The highest BCUT2D eigenvalue weighted by molar-refractivity contribution is 4.82. The van der Waals surface area contributed by atoms with Crippen molar-refractivity contribution in [3.8, 4) is 0 Å². The smallest absolute Gasteiger partial charge is 0.320 e. The molecule has 3 unspecified atom stereocenters. The lowest BCUT2D eigenvalue weighted by Gasteiger charge is -2.32. The van der Waals surface area contributed by atoms with Gasteiger partial charge in [0.2, 0.25) is 0 Å². The number of ether oxygens (including phenoxy) is 1. The molecule has 0 spiro atoms. The maximum absolute atomic E-state index is 12.3. The van der Waals surface area contributed by atoms with Crippen LogP contribution in [0.3, 0.4) is 0 Å². The fourth-order valence-electron chi connectivity index (χ4n) is 3.25. The molecular formula is C14H26F2O. The minimum atomic E-state index is -2.62. The Hall–Kier alpha value is -0.180. The molecule has 0 aromatic heterocycles. The molecule has 1 nitrogen and oxygen atoms in total. The molecule has 0 N–H and O–H groups in total. The third-order valence-corrected chi connectivity index (χ3v) is 4.16. The summed E-state index contributed by atoms with van der Waals surface area (Å²) in [5.74, 6) is 2.35. The average molecular weight is 248 g/mol. The van der Waals surface area contributed by atoms with E-state index in [4.69, 9.17) is 4.74 Å². The van der Waals surface area contributed by atoms with Crippen LogP contribution in [0.5, 0.6) is 0 Å². The lowest BCUT2D eigenvalue weighted by Crippen LogP contribution is -2.27. The molecule has 3 heteroatoms. The predicted octanol–water partition coefficient (Wildman–Crippen LogP) is 4.71. The molecule has 0 bridgehead atoms. The second-order valence-electron chi connectivity index (χ2n) is 6.00. The van der Waals surface area contributed by atoms with Gasteiger partial charge in [0.1, 0.15) is 0 Å². The molecule has 0 amide bonds. The Labute approximate surface area is 104 Å². The number of hydrogen-bond donors (Lipinski definition) is 0. The van der Waals surface area contributed by atoms with Crippen LogP contribution in [0.25, 0.3) is 0 Å². The molecule has 0 heterocycles. The van der Waals surface area contributed by atoms with E-state index in [0.717, 1.165) is 25.7 Å². The largest absolute Gasteiger partial charge is 0.345 e. The molecule has 0 radical (unpaired) electrons. The van der Waals surface area contributed by atoms with Crippen LogP contribution in [0, 0.1) is 23.7 Å². The van der Waals surface area contributed by atoms with Crippen molar-refractivity contribution in [1.29, 1.82) is 0 Å². The quantitative estimate of drug-likeness (QED) is 0.654. The average Bonchev–Trinajstić information content (AvgIpc) is 2.39. The van der Waals surface area contributed by atoms with Crippen LogP contribution in [-0.2, 0) is 4.74 Å². The van der Waals surface area contributed by atoms with Gasteiger partial charge in [-0.05, 0) is 42.9 Å². The summed E-state index contributed by atoms with van der Waals surface area (Å²) in [7, 11) is 0. The molecule has 0 aromatic rings. The first-order valence-electron chi connectivity index (χ1n) is 6.85. The van der Waals surface area contributed by atoms with Gasteiger partial charge in [0.25, 0.3) is 0 Å². The predicted molar refractivity (Wildman–Crippen MR) is 66.0 cm³/mol. The standard InChI is InChI=1S/C14H26F2O/c1-9(2)12-7-5-6-11(17-14(15)16)8-13(12)10(3)4/h9-14H,5-8H2,1-4H3. The highest BCUT2D eigenvalue weighted by Gasteiger charge is 2.33. The maximum Gasteiger partial charge on any atom is 0.345 e. The van der Waals surface area contributed by atoms with Gasteiger partial charge in [0.05, 0.1) is 6.10 Å². The zero-order chi connectivity index (χ0) is 13.0. The molecule has 17 heavy (non-hydrogen) atoms. The second kappa shape index (κ2) is 6.67. The lowest BCUT2D eigenvalue weighted by molar-refractivity contribution is -0.168. The Morgan fingerprint density at radius 3 is 2.00 bits per heavy atom. The van der Waals surface area contributed by atoms with Crippen molar-refractivity contribution in [2.45, 2.75) is 66.1 Å². The van der Waals surface area contributed by atoms with E-state index in [0.29, 0.717) is 23.7 Å². The molecule has 0 aromatic carbocycles. The van der Waals surface area contributed by atoms with E-state index in [1.807, 2.05) is 0 Å². The van der Waals surface area contributed by atoms with E-state index >= 15 is 0 Å². The Morgan fingerprint density at radius 1 is 0.941 bits per heavy atom. The minimum absolute atomic E-state index is 0.244. The second-order valence-corrected chi connectivity index (χ2v) is 6.00. The van der Waals surface area contributed by atoms with Crippen molar-refractivity contribution in [2.24, 2.45) is 23.7 Å². The van der Waals surface area contributed by atoms with E-state index in [2.05, 4.69) is 27.7 Å². The molecule has 1 saturated carbocycles. The van der Waals surface area contributed by atoms with Gasteiger partial charge in [-0.2, -0.15) is 8.78 Å².